The number of nitriles is 1. The highest BCUT2D eigenvalue weighted by atomic mass is 15.2. The first kappa shape index (κ1) is 8.07. The van der Waals surface area contributed by atoms with E-state index < -0.39 is 0 Å². The zero-order valence-corrected chi connectivity index (χ0v) is 7.66. The Morgan fingerprint density at radius 2 is 2.42 bits per heavy atom. The first-order valence-electron chi connectivity index (χ1n) is 5.00. The Bertz CT molecular complexity index is 206. The number of likely N-dealkylation sites (tertiary alicyclic amines) is 1. The molecule has 3 atom stereocenters. The molecule has 2 nitrogen and oxygen atoms in total. The van der Waals surface area contributed by atoms with E-state index in [1.165, 1.54) is 25.8 Å². The van der Waals surface area contributed by atoms with Crippen LogP contribution in [0.15, 0.2) is 0 Å². The Labute approximate surface area is 74.2 Å². The molecule has 2 heteroatoms. The maximum absolute atomic E-state index is 8.92. The van der Waals surface area contributed by atoms with Gasteiger partial charge in [0.15, 0.2) is 0 Å². The van der Waals surface area contributed by atoms with E-state index in [2.05, 4.69) is 17.9 Å². The van der Waals surface area contributed by atoms with Crippen LogP contribution < -0.4 is 0 Å². The minimum Gasteiger partial charge on any atom is -0.285 e. The predicted molar refractivity (Wildman–Crippen MR) is 47.5 cm³/mol. The van der Waals surface area contributed by atoms with Crippen LogP contribution in [0.1, 0.15) is 32.6 Å². The summed E-state index contributed by atoms with van der Waals surface area (Å²) in [5.41, 5.74) is 0. The molecule has 0 spiro atoms. The van der Waals surface area contributed by atoms with E-state index in [1.54, 1.807) is 0 Å². The molecule has 12 heavy (non-hydrogen) atoms. The highest BCUT2D eigenvalue weighted by Gasteiger charge is 2.40. The lowest BCUT2D eigenvalue weighted by atomic mass is 10.1. The number of fused-ring (bicyclic) bond motifs is 2. The fourth-order valence-corrected chi connectivity index (χ4v) is 2.74. The van der Waals surface area contributed by atoms with Gasteiger partial charge < -0.3 is 0 Å². The van der Waals surface area contributed by atoms with Crippen molar-refractivity contribution in [2.24, 2.45) is 5.92 Å². The zero-order chi connectivity index (χ0) is 8.55. The third kappa shape index (κ3) is 1.13. The summed E-state index contributed by atoms with van der Waals surface area (Å²) in [5.74, 6) is 0.914. The molecule has 0 aromatic heterocycles. The van der Waals surface area contributed by atoms with Gasteiger partial charge in [-0.25, -0.2) is 0 Å². The van der Waals surface area contributed by atoms with Crippen LogP contribution in [0.5, 0.6) is 0 Å². The van der Waals surface area contributed by atoms with Crippen LogP contribution in [0.4, 0.5) is 0 Å². The summed E-state index contributed by atoms with van der Waals surface area (Å²) in [4.78, 5) is 2.42. The van der Waals surface area contributed by atoms with Crippen molar-refractivity contribution in [3.05, 3.63) is 0 Å². The van der Waals surface area contributed by atoms with Gasteiger partial charge in [0.05, 0.1) is 12.1 Å². The van der Waals surface area contributed by atoms with Crippen molar-refractivity contribution in [3.8, 4) is 6.07 Å². The average Bonchev–Trinajstić information content (AvgIpc) is 2.67. The summed E-state index contributed by atoms with van der Waals surface area (Å²) in [6, 6.07) is 3.35. The molecule has 0 aromatic rings. The largest absolute Gasteiger partial charge is 0.285 e. The molecule has 2 aliphatic rings. The monoisotopic (exact) mass is 164 g/mol. The summed E-state index contributed by atoms with van der Waals surface area (Å²) in [5, 5.41) is 8.92. The number of hydrogen-bond acceptors (Lipinski definition) is 2. The second-order valence-corrected chi connectivity index (χ2v) is 4.08. The number of rotatable bonds is 2. The van der Waals surface area contributed by atoms with Crippen LogP contribution in [0.3, 0.4) is 0 Å². The Balaban J connectivity index is 2.02. The van der Waals surface area contributed by atoms with Crippen molar-refractivity contribution in [1.82, 2.24) is 4.90 Å². The second-order valence-electron chi connectivity index (χ2n) is 4.08. The smallest absolute Gasteiger partial charge is 0.0977 e. The molecular weight excluding hydrogens is 148 g/mol. The molecule has 1 aliphatic heterocycles. The highest BCUT2D eigenvalue weighted by molar-refractivity contribution is 5.01. The van der Waals surface area contributed by atoms with Gasteiger partial charge in [0, 0.05) is 12.6 Å². The van der Waals surface area contributed by atoms with Crippen molar-refractivity contribution in [3.63, 3.8) is 0 Å². The fraction of sp³-hybridized carbons (Fsp3) is 0.900. The first-order chi connectivity index (χ1) is 5.85. The molecular formula is C10H16N2. The Morgan fingerprint density at radius 3 is 2.83 bits per heavy atom. The van der Waals surface area contributed by atoms with E-state index >= 15 is 0 Å². The van der Waals surface area contributed by atoms with Crippen LogP contribution in [0.2, 0.25) is 0 Å². The van der Waals surface area contributed by atoms with Crippen molar-refractivity contribution in [2.75, 3.05) is 6.54 Å². The summed E-state index contributed by atoms with van der Waals surface area (Å²) in [7, 11) is 0. The van der Waals surface area contributed by atoms with Crippen LogP contribution in [-0.4, -0.2) is 23.5 Å². The van der Waals surface area contributed by atoms with Crippen LogP contribution in [0, 0.1) is 17.2 Å². The minimum absolute atomic E-state index is 0.195. The molecule has 66 valence electrons. The molecule has 0 radical (unpaired) electrons. The Hall–Kier alpha value is -0.550. The third-order valence-corrected chi connectivity index (χ3v) is 3.39. The maximum atomic E-state index is 8.92. The van der Waals surface area contributed by atoms with Crippen LogP contribution in [-0.2, 0) is 0 Å². The van der Waals surface area contributed by atoms with Gasteiger partial charge >= 0.3 is 0 Å². The zero-order valence-electron chi connectivity index (χ0n) is 7.66. The van der Waals surface area contributed by atoms with Crippen molar-refractivity contribution >= 4 is 0 Å². The highest BCUT2D eigenvalue weighted by Crippen LogP contribution is 2.38. The van der Waals surface area contributed by atoms with E-state index in [9.17, 15) is 0 Å². The molecule has 2 rings (SSSR count). The van der Waals surface area contributed by atoms with Crippen LogP contribution >= 0.6 is 0 Å². The summed E-state index contributed by atoms with van der Waals surface area (Å²) in [6.07, 6.45) is 5.09. The number of piperidine rings is 1. The van der Waals surface area contributed by atoms with Crippen LogP contribution in [0.25, 0.3) is 0 Å². The lowest BCUT2D eigenvalue weighted by Gasteiger charge is -2.30. The molecule has 1 saturated carbocycles. The van der Waals surface area contributed by atoms with E-state index in [0.29, 0.717) is 0 Å². The molecule has 3 unspecified atom stereocenters. The normalized spacial score (nSPS) is 36.7. The van der Waals surface area contributed by atoms with E-state index in [0.717, 1.165) is 18.4 Å². The number of hydrogen-bond donors (Lipinski definition) is 0. The molecule has 1 saturated heterocycles. The molecule has 0 amide bonds. The van der Waals surface area contributed by atoms with Gasteiger partial charge in [0.2, 0.25) is 0 Å². The van der Waals surface area contributed by atoms with Gasteiger partial charge in [0.25, 0.3) is 0 Å². The minimum atomic E-state index is 0.195. The Kier molecular flexibility index (Phi) is 2.06. The van der Waals surface area contributed by atoms with Gasteiger partial charge in [-0.15, -0.1) is 0 Å². The molecule has 2 bridgehead atoms. The standard InChI is InChI=1S/C10H16N2/c1-2-9(6-11)12-7-8-3-4-10(12)5-8/h8-10H,2-5,7H2,1H3. The van der Waals surface area contributed by atoms with Gasteiger partial charge in [-0.2, -0.15) is 5.26 Å². The van der Waals surface area contributed by atoms with Gasteiger partial charge in [-0.3, -0.25) is 4.90 Å². The van der Waals surface area contributed by atoms with E-state index in [1.807, 2.05) is 0 Å². The van der Waals surface area contributed by atoms with Gasteiger partial charge in [-0.1, -0.05) is 6.92 Å². The maximum Gasteiger partial charge on any atom is 0.0977 e. The third-order valence-electron chi connectivity index (χ3n) is 3.39. The molecule has 1 aliphatic carbocycles. The molecule has 0 aromatic carbocycles. The second kappa shape index (κ2) is 3.06. The first-order valence-corrected chi connectivity index (χ1v) is 5.00. The lowest BCUT2D eigenvalue weighted by Crippen LogP contribution is -2.39. The van der Waals surface area contributed by atoms with Gasteiger partial charge in [0.1, 0.15) is 0 Å². The summed E-state index contributed by atoms with van der Waals surface area (Å²) >= 11 is 0. The molecule has 0 N–H and O–H groups in total. The predicted octanol–water partition coefficient (Wildman–Crippen LogP) is 1.77. The van der Waals surface area contributed by atoms with E-state index in [4.69, 9.17) is 5.26 Å². The summed E-state index contributed by atoms with van der Waals surface area (Å²) in [6.45, 7) is 3.30. The average molecular weight is 164 g/mol. The quantitative estimate of drug-likeness (QED) is 0.622. The fourth-order valence-electron chi connectivity index (χ4n) is 2.74. The number of nitrogens with zero attached hydrogens (tertiary/aromatic N) is 2. The van der Waals surface area contributed by atoms with Crippen molar-refractivity contribution < 1.29 is 0 Å². The van der Waals surface area contributed by atoms with E-state index in [-0.39, 0.29) is 6.04 Å². The summed E-state index contributed by atoms with van der Waals surface area (Å²) < 4.78 is 0. The van der Waals surface area contributed by atoms with Crippen molar-refractivity contribution in [2.45, 2.75) is 44.7 Å². The molecule has 1 heterocycles. The molecule has 2 fully saturated rings. The lowest BCUT2D eigenvalue weighted by molar-refractivity contribution is 0.176. The van der Waals surface area contributed by atoms with Gasteiger partial charge in [-0.05, 0) is 31.6 Å². The SMILES string of the molecule is CCC(C#N)N1CC2CCC1C2. The Morgan fingerprint density at radius 1 is 1.58 bits per heavy atom. The van der Waals surface area contributed by atoms with Crippen molar-refractivity contribution in [1.29, 1.82) is 5.26 Å². The topological polar surface area (TPSA) is 27.0 Å².